The molecule has 1 heterocycles. The van der Waals surface area contributed by atoms with Crippen LogP contribution < -0.4 is 0 Å². The number of hydrogen-bond acceptors (Lipinski definition) is 6. The summed E-state index contributed by atoms with van der Waals surface area (Å²) in [6.45, 7) is -0.0191. The molecule has 9 nitrogen and oxygen atoms in total. The zero-order chi connectivity index (χ0) is 14.4. The molecule has 2 unspecified atom stereocenters. The fourth-order valence-corrected chi connectivity index (χ4v) is 1.58. The first-order chi connectivity index (χ1) is 8.97. The number of azide groups is 1. The van der Waals surface area contributed by atoms with Crippen LogP contribution in [-0.4, -0.2) is 32.8 Å². The maximum absolute atomic E-state index is 10.6. The fourth-order valence-electron chi connectivity index (χ4n) is 1.36. The number of aliphatic hydroxyl groups excluding tert-OH is 2. The van der Waals surface area contributed by atoms with Gasteiger partial charge in [-0.05, 0) is 12.0 Å². The Morgan fingerprint density at radius 1 is 1.63 bits per heavy atom. The first kappa shape index (κ1) is 15.1. The Morgan fingerprint density at radius 3 is 2.89 bits per heavy atom. The average Bonchev–Trinajstić information content (AvgIpc) is 2.38. The Bertz CT molecular complexity index is 519. The summed E-state index contributed by atoms with van der Waals surface area (Å²) in [6.07, 6.45) is -1.78. The highest BCUT2D eigenvalue weighted by Gasteiger charge is 2.23. The van der Waals surface area contributed by atoms with E-state index in [4.69, 9.17) is 17.1 Å². The molecule has 1 aromatic heterocycles. The second kappa shape index (κ2) is 6.86. The lowest BCUT2D eigenvalue weighted by Crippen LogP contribution is -2.20. The molecule has 0 aliphatic rings. The largest absolute Gasteiger partial charge is 0.390 e. The predicted molar refractivity (Wildman–Crippen MR) is 65.5 cm³/mol. The molecule has 0 amide bonds. The standard InChI is InChI=1S/C9H10ClN5O4/c10-9-6(3-5(4-12-9)15(18)19)8(17)7(16)1-2-13-14-11/h3-4,7-8,16-17H,1-2H2. The molecule has 2 N–H and O–H groups in total. The van der Waals surface area contributed by atoms with Crippen molar-refractivity contribution in [2.75, 3.05) is 6.54 Å². The molecular weight excluding hydrogens is 278 g/mol. The Balaban J connectivity index is 2.91. The summed E-state index contributed by atoms with van der Waals surface area (Å²) in [7, 11) is 0. The molecule has 0 spiro atoms. The van der Waals surface area contributed by atoms with Crippen molar-refractivity contribution in [3.05, 3.63) is 43.5 Å². The van der Waals surface area contributed by atoms with Gasteiger partial charge in [-0.15, -0.1) is 0 Å². The quantitative estimate of drug-likeness (QED) is 0.204. The van der Waals surface area contributed by atoms with E-state index in [1.165, 1.54) is 0 Å². The van der Waals surface area contributed by atoms with Gasteiger partial charge in [-0.2, -0.15) is 0 Å². The Hall–Kier alpha value is -1.93. The molecule has 0 aliphatic heterocycles. The highest BCUT2D eigenvalue weighted by molar-refractivity contribution is 6.30. The van der Waals surface area contributed by atoms with Crippen molar-refractivity contribution < 1.29 is 15.1 Å². The third-order valence-corrected chi connectivity index (χ3v) is 2.65. The van der Waals surface area contributed by atoms with Gasteiger partial charge in [-0.3, -0.25) is 10.1 Å². The van der Waals surface area contributed by atoms with E-state index in [-0.39, 0.29) is 29.4 Å². The third kappa shape index (κ3) is 4.04. The summed E-state index contributed by atoms with van der Waals surface area (Å²) in [4.78, 5) is 16.0. The van der Waals surface area contributed by atoms with E-state index in [0.29, 0.717) is 0 Å². The fraction of sp³-hybridized carbons (Fsp3) is 0.444. The van der Waals surface area contributed by atoms with Crippen molar-refractivity contribution in [3.63, 3.8) is 0 Å². The van der Waals surface area contributed by atoms with Crippen molar-refractivity contribution in [1.82, 2.24) is 4.98 Å². The van der Waals surface area contributed by atoms with Crippen LogP contribution >= 0.6 is 11.6 Å². The molecule has 0 bridgehead atoms. The summed E-state index contributed by atoms with van der Waals surface area (Å²) < 4.78 is 0. The number of pyridine rings is 1. The minimum absolute atomic E-state index is 0.00968. The average molecular weight is 288 g/mol. The number of nitro groups is 1. The normalized spacial score (nSPS) is 13.4. The Kier molecular flexibility index (Phi) is 5.46. The summed E-state index contributed by atoms with van der Waals surface area (Å²) >= 11 is 5.71. The summed E-state index contributed by atoms with van der Waals surface area (Å²) in [5, 5.41) is 33.2. The number of rotatable bonds is 6. The highest BCUT2D eigenvalue weighted by atomic mass is 35.5. The molecule has 19 heavy (non-hydrogen) atoms. The summed E-state index contributed by atoms with van der Waals surface area (Å²) in [5.74, 6) is 0. The number of nitrogens with zero attached hydrogens (tertiary/aromatic N) is 5. The van der Waals surface area contributed by atoms with Crippen molar-refractivity contribution in [3.8, 4) is 0 Å². The van der Waals surface area contributed by atoms with E-state index in [9.17, 15) is 20.3 Å². The zero-order valence-corrected chi connectivity index (χ0v) is 10.3. The summed E-state index contributed by atoms with van der Waals surface area (Å²) in [6, 6.07) is 1.04. The molecule has 0 saturated carbocycles. The first-order valence-electron chi connectivity index (χ1n) is 5.14. The lowest BCUT2D eigenvalue weighted by molar-refractivity contribution is -0.385. The van der Waals surface area contributed by atoms with Gasteiger partial charge in [-0.25, -0.2) is 4.98 Å². The van der Waals surface area contributed by atoms with E-state index < -0.39 is 17.1 Å². The van der Waals surface area contributed by atoms with Crippen molar-refractivity contribution in [2.45, 2.75) is 18.6 Å². The van der Waals surface area contributed by atoms with Crippen LogP contribution in [0, 0.1) is 10.1 Å². The van der Waals surface area contributed by atoms with Gasteiger partial charge in [0.2, 0.25) is 0 Å². The van der Waals surface area contributed by atoms with Crippen LogP contribution in [0.3, 0.4) is 0 Å². The van der Waals surface area contributed by atoms with Crippen LogP contribution in [0.25, 0.3) is 10.4 Å². The van der Waals surface area contributed by atoms with E-state index in [0.717, 1.165) is 12.3 Å². The summed E-state index contributed by atoms with van der Waals surface area (Å²) in [5.41, 5.74) is 7.69. The van der Waals surface area contributed by atoms with Crippen molar-refractivity contribution >= 4 is 17.3 Å². The molecule has 0 fully saturated rings. The topological polar surface area (TPSA) is 145 Å². The van der Waals surface area contributed by atoms with E-state index in [1.807, 2.05) is 0 Å². The van der Waals surface area contributed by atoms with Gasteiger partial charge in [-0.1, -0.05) is 16.7 Å². The minimum Gasteiger partial charge on any atom is -0.390 e. The van der Waals surface area contributed by atoms with Gasteiger partial charge < -0.3 is 10.2 Å². The van der Waals surface area contributed by atoms with E-state index in [1.54, 1.807) is 0 Å². The van der Waals surface area contributed by atoms with Crippen LogP contribution in [-0.2, 0) is 0 Å². The number of aliphatic hydroxyl groups is 2. The predicted octanol–water partition coefficient (Wildman–Crippen LogP) is 1.74. The van der Waals surface area contributed by atoms with Crippen molar-refractivity contribution in [1.29, 1.82) is 0 Å². The molecule has 0 aromatic carbocycles. The van der Waals surface area contributed by atoms with E-state index in [2.05, 4.69) is 15.0 Å². The lowest BCUT2D eigenvalue weighted by Gasteiger charge is -2.17. The highest BCUT2D eigenvalue weighted by Crippen LogP contribution is 2.28. The smallest absolute Gasteiger partial charge is 0.288 e. The number of halogens is 1. The molecule has 0 aliphatic carbocycles. The van der Waals surface area contributed by atoms with Crippen LogP contribution in [0.15, 0.2) is 17.4 Å². The first-order valence-corrected chi connectivity index (χ1v) is 5.52. The number of aromatic nitrogens is 1. The monoisotopic (exact) mass is 287 g/mol. The van der Waals surface area contributed by atoms with Crippen molar-refractivity contribution in [2.24, 2.45) is 5.11 Å². The second-order valence-corrected chi connectivity index (χ2v) is 3.94. The molecule has 2 atom stereocenters. The van der Waals surface area contributed by atoms with Gasteiger partial charge in [0.15, 0.2) is 0 Å². The Morgan fingerprint density at radius 2 is 2.32 bits per heavy atom. The maximum atomic E-state index is 10.6. The van der Waals surface area contributed by atoms with E-state index >= 15 is 0 Å². The van der Waals surface area contributed by atoms with Crippen LogP contribution in [0.4, 0.5) is 5.69 Å². The van der Waals surface area contributed by atoms with Crippen LogP contribution in [0.5, 0.6) is 0 Å². The maximum Gasteiger partial charge on any atom is 0.288 e. The minimum atomic E-state index is -1.45. The van der Waals surface area contributed by atoms with Crippen LogP contribution in [0.1, 0.15) is 18.1 Å². The second-order valence-electron chi connectivity index (χ2n) is 3.59. The molecule has 1 rings (SSSR count). The molecule has 10 heteroatoms. The lowest BCUT2D eigenvalue weighted by atomic mass is 10.0. The molecular formula is C9H10ClN5O4. The Labute approximate surface area is 112 Å². The SMILES string of the molecule is [N-]=[N+]=NCCC(O)C(O)c1cc([N+](=O)[O-])cnc1Cl. The van der Waals surface area contributed by atoms with Gasteiger partial charge in [0.1, 0.15) is 17.5 Å². The third-order valence-electron chi connectivity index (χ3n) is 2.33. The molecule has 0 saturated heterocycles. The zero-order valence-electron chi connectivity index (χ0n) is 9.55. The van der Waals surface area contributed by atoms with Gasteiger partial charge in [0, 0.05) is 23.1 Å². The molecule has 102 valence electrons. The number of hydrogen-bond donors (Lipinski definition) is 2. The van der Waals surface area contributed by atoms with Gasteiger partial charge in [0.25, 0.3) is 5.69 Å². The molecule has 0 radical (unpaired) electrons. The van der Waals surface area contributed by atoms with Crippen LogP contribution in [0.2, 0.25) is 5.15 Å². The van der Waals surface area contributed by atoms with Gasteiger partial charge >= 0.3 is 0 Å². The molecule has 1 aromatic rings. The van der Waals surface area contributed by atoms with Gasteiger partial charge in [0.05, 0.1) is 11.0 Å².